The number of nitro benzene ring substituents is 1. The number of nitrogens with zero attached hydrogens (tertiary/aromatic N) is 3. The van der Waals surface area contributed by atoms with Crippen molar-refractivity contribution in [2.75, 3.05) is 5.32 Å². The van der Waals surface area contributed by atoms with Crippen LogP contribution < -0.4 is 5.32 Å². The Kier molecular flexibility index (Phi) is 4.02. The molecule has 20 heavy (non-hydrogen) atoms. The lowest BCUT2D eigenvalue weighted by atomic mass is 10.0. The maximum Gasteiger partial charge on any atom is 0.292 e. The first-order valence-corrected chi connectivity index (χ1v) is 6.48. The van der Waals surface area contributed by atoms with E-state index in [4.69, 9.17) is 0 Å². The summed E-state index contributed by atoms with van der Waals surface area (Å²) in [4.78, 5) is 10.7. The van der Waals surface area contributed by atoms with Crippen molar-refractivity contribution in [1.82, 2.24) is 9.78 Å². The number of aromatic nitrogens is 2. The lowest BCUT2D eigenvalue weighted by Crippen LogP contribution is -2.05. The molecule has 0 unspecified atom stereocenters. The summed E-state index contributed by atoms with van der Waals surface area (Å²) in [7, 11) is 1.84. The molecular weight excluding hydrogens is 256 g/mol. The van der Waals surface area contributed by atoms with Crippen molar-refractivity contribution in [2.24, 2.45) is 7.05 Å². The Morgan fingerprint density at radius 2 is 2.15 bits per heavy atom. The average Bonchev–Trinajstić information content (AvgIpc) is 2.81. The molecule has 0 spiro atoms. The summed E-state index contributed by atoms with van der Waals surface area (Å²) in [6.07, 6.45) is 1.84. The van der Waals surface area contributed by atoms with Crippen molar-refractivity contribution in [1.29, 1.82) is 0 Å². The quantitative estimate of drug-likeness (QED) is 0.671. The van der Waals surface area contributed by atoms with Gasteiger partial charge < -0.3 is 5.32 Å². The number of aryl methyl sites for hydroxylation is 1. The summed E-state index contributed by atoms with van der Waals surface area (Å²) in [5, 5.41) is 18.4. The van der Waals surface area contributed by atoms with Crippen LogP contribution in [0.4, 0.5) is 11.4 Å². The summed E-state index contributed by atoms with van der Waals surface area (Å²) in [6, 6.07) is 7.07. The van der Waals surface area contributed by atoms with Crippen LogP contribution in [0.5, 0.6) is 0 Å². The van der Waals surface area contributed by atoms with Crippen LogP contribution in [0.1, 0.15) is 31.0 Å². The van der Waals surface area contributed by atoms with Gasteiger partial charge in [0, 0.05) is 19.3 Å². The van der Waals surface area contributed by atoms with E-state index in [1.807, 2.05) is 25.4 Å². The molecule has 0 aliphatic rings. The molecule has 0 saturated heterocycles. The van der Waals surface area contributed by atoms with Crippen molar-refractivity contribution in [2.45, 2.75) is 26.3 Å². The summed E-state index contributed by atoms with van der Waals surface area (Å²) >= 11 is 0. The van der Waals surface area contributed by atoms with E-state index in [0.717, 1.165) is 11.3 Å². The number of hydrogen-bond donors (Lipinski definition) is 1. The Hall–Kier alpha value is -2.37. The van der Waals surface area contributed by atoms with Gasteiger partial charge in [0.2, 0.25) is 0 Å². The molecule has 0 fully saturated rings. The van der Waals surface area contributed by atoms with E-state index >= 15 is 0 Å². The number of rotatable bonds is 5. The first-order chi connectivity index (χ1) is 9.47. The van der Waals surface area contributed by atoms with Crippen LogP contribution in [-0.2, 0) is 13.6 Å². The van der Waals surface area contributed by atoms with E-state index in [-0.39, 0.29) is 10.6 Å². The maximum absolute atomic E-state index is 11.1. The molecule has 106 valence electrons. The van der Waals surface area contributed by atoms with Gasteiger partial charge in [-0.05, 0) is 23.6 Å². The van der Waals surface area contributed by atoms with Gasteiger partial charge in [-0.2, -0.15) is 5.10 Å². The average molecular weight is 274 g/mol. The van der Waals surface area contributed by atoms with Gasteiger partial charge in [-0.3, -0.25) is 14.8 Å². The summed E-state index contributed by atoms with van der Waals surface area (Å²) < 4.78 is 1.70. The van der Waals surface area contributed by atoms with Gasteiger partial charge in [-0.1, -0.05) is 19.9 Å². The normalized spacial score (nSPS) is 10.8. The zero-order valence-electron chi connectivity index (χ0n) is 11.8. The molecule has 0 radical (unpaired) electrons. The molecule has 6 heteroatoms. The Labute approximate surface area is 117 Å². The van der Waals surface area contributed by atoms with Crippen molar-refractivity contribution < 1.29 is 4.92 Å². The van der Waals surface area contributed by atoms with Crippen LogP contribution in [0, 0.1) is 10.1 Å². The van der Waals surface area contributed by atoms with Crippen LogP contribution >= 0.6 is 0 Å². The Morgan fingerprint density at radius 3 is 2.70 bits per heavy atom. The van der Waals surface area contributed by atoms with Crippen molar-refractivity contribution >= 4 is 11.4 Å². The van der Waals surface area contributed by atoms with Gasteiger partial charge in [0.25, 0.3) is 5.69 Å². The smallest absolute Gasteiger partial charge is 0.292 e. The van der Waals surface area contributed by atoms with Crippen LogP contribution in [-0.4, -0.2) is 14.7 Å². The molecule has 2 aromatic rings. The fourth-order valence-corrected chi connectivity index (χ4v) is 1.96. The first kappa shape index (κ1) is 14.0. The zero-order chi connectivity index (χ0) is 14.7. The van der Waals surface area contributed by atoms with E-state index in [1.165, 1.54) is 0 Å². The SMILES string of the molecule is CC(C)c1ccc([N+](=O)[O-])c(NCc2ccn(C)n2)c1. The minimum Gasteiger partial charge on any atom is -0.374 e. The Bertz CT molecular complexity index is 619. The number of anilines is 1. The molecule has 1 aromatic carbocycles. The largest absolute Gasteiger partial charge is 0.374 e. The number of benzene rings is 1. The first-order valence-electron chi connectivity index (χ1n) is 6.48. The van der Waals surface area contributed by atoms with Crippen LogP contribution in [0.2, 0.25) is 0 Å². The van der Waals surface area contributed by atoms with Crippen molar-refractivity contribution in [3.63, 3.8) is 0 Å². The highest BCUT2D eigenvalue weighted by Crippen LogP contribution is 2.28. The molecule has 2 rings (SSSR count). The maximum atomic E-state index is 11.1. The fraction of sp³-hybridized carbons (Fsp3) is 0.357. The summed E-state index contributed by atoms with van der Waals surface area (Å²) in [5.41, 5.74) is 2.54. The van der Waals surface area contributed by atoms with Gasteiger partial charge in [0.15, 0.2) is 0 Å². The molecule has 6 nitrogen and oxygen atoms in total. The monoisotopic (exact) mass is 274 g/mol. The summed E-state index contributed by atoms with van der Waals surface area (Å²) in [6.45, 7) is 4.58. The van der Waals surface area contributed by atoms with E-state index in [2.05, 4.69) is 24.3 Å². The lowest BCUT2D eigenvalue weighted by Gasteiger charge is -2.10. The van der Waals surface area contributed by atoms with Gasteiger partial charge in [-0.15, -0.1) is 0 Å². The Morgan fingerprint density at radius 1 is 1.40 bits per heavy atom. The van der Waals surface area contributed by atoms with E-state index in [1.54, 1.807) is 16.8 Å². The predicted octanol–water partition coefficient (Wildman–Crippen LogP) is 3.06. The second-order valence-electron chi connectivity index (χ2n) is 5.02. The minimum absolute atomic E-state index is 0.0883. The molecule has 0 saturated carbocycles. The third-order valence-electron chi connectivity index (χ3n) is 3.11. The molecule has 1 heterocycles. The van der Waals surface area contributed by atoms with E-state index in [9.17, 15) is 10.1 Å². The molecule has 1 N–H and O–H groups in total. The predicted molar refractivity (Wildman–Crippen MR) is 77.7 cm³/mol. The molecule has 0 bridgehead atoms. The molecule has 0 atom stereocenters. The lowest BCUT2D eigenvalue weighted by molar-refractivity contribution is -0.384. The number of nitrogens with one attached hydrogen (secondary N) is 1. The van der Waals surface area contributed by atoms with Crippen LogP contribution in [0.15, 0.2) is 30.5 Å². The van der Waals surface area contributed by atoms with Gasteiger partial charge in [0.1, 0.15) is 5.69 Å². The third kappa shape index (κ3) is 3.14. The molecule has 1 aromatic heterocycles. The standard InChI is InChI=1S/C14H18N4O2/c1-10(2)11-4-5-14(18(19)20)13(8-11)15-9-12-6-7-17(3)16-12/h4-8,10,15H,9H2,1-3H3. The van der Waals surface area contributed by atoms with Crippen molar-refractivity contribution in [3.05, 3.63) is 51.8 Å². The highest BCUT2D eigenvalue weighted by atomic mass is 16.6. The second-order valence-corrected chi connectivity index (χ2v) is 5.02. The number of hydrogen-bond acceptors (Lipinski definition) is 4. The Balaban J connectivity index is 2.23. The highest BCUT2D eigenvalue weighted by Gasteiger charge is 2.15. The molecular formula is C14H18N4O2. The topological polar surface area (TPSA) is 73.0 Å². The van der Waals surface area contributed by atoms with Gasteiger partial charge >= 0.3 is 0 Å². The molecule has 0 amide bonds. The van der Waals surface area contributed by atoms with Gasteiger partial charge in [0.05, 0.1) is 17.2 Å². The van der Waals surface area contributed by atoms with Crippen LogP contribution in [0.25, 0.3) is 0 Å². The minimum atomic E-state index is -0.370. The summed E-state index contributed by atoms with van der Waals surface area (Å²) in [5.74, 6) is 0.325. The number of nitro groups is 1. The fourth-order valence-electron chi connectivity index (χ4n) is 1.96. The third-order valence-corrected chi connectivity index (χ3v) is 3.11. The zero-order valence-corrected chi connectivity index (χ0v) is 11.8. The highest BCUT2D eigenvalue weighted by molar-refractivity contribution is 5.63. The van der Waals surface area contributed by atoms with E-state index in [0.29, 0.717) is 18.2 Å². The second kappa shape index (κ2) is 5.73. The molecule has 0 aliphatic heterocycles. The van der Waals surface area contributed by atoms with Gasteiger partial charge in [-0.25, -0.2) is 0 Å². The van der Waals surface area contributed by atoms with Crippen LogP contribution in [0.3, 0.4) is 0 Å². The molecule has 0 aliphatic carbocycles. The van der Waals surface area contributed by atoms with E-state index < -0.39 is 0 Å². The van der Waals surface area contributed by atoms with Crippen molar-refractivity contribution in [3.8, 4) is 0 Å².